The van der Waals surface area contributed by atoms with E-state index in [0.717, 1.165) is 24.1 Å². The molecule has 0 N–H and O–H groups in total. The molecule has 1 aromatic carbocycles. The van der Waals surface area contributed by atoms with Crippen LogP contribution in [0.5, 0.6) is 0 Å². The summed E-state index contributed by atoms with van der Waals surface area (Å²) in [5, 5.41) is 0. The van der Waals surface area contributed by atoms with Crippen LogP contribution in [-0.2, 0) is 16.0 Å². The van der Waals surface area contributed by atoms with Crippen LogP contribution in [0.1, 0.15) is 24.8 Å². The molecular weight excluding hydrogens is 314 g/mol. The average molecular weight is 337 g/mol. The smallest absolute Gasteiger partial charge is 0.249 e. The molecule has 1 aliphatic heterocycles. The summed E-state index contributed by atoms with van der Waals surface area (Å²) < 4.78 is 0. The van der Waals surface area contributed by atoms with Crippen molar-refractivity contribution in [3.63, 3.8) is 0 Å². The van der Waals surface area contributed by atoms with E-state index in [9.17, 15) is 9.59 Å². The second-order valence-electron chi connectivity index (χ2n) is 6.34. The van der Waals surface area contributed by atoms with E-state index in [4.69, 9.17) is 0 Å². The van der Waals surface area contributed by atoms with E-state index in [1.54, 1.807) is 29.2 Å². The Kier molecular flexibility index (Phi) is 5.43. The van der Waals surface area contributed by atoms with Crippen molar-refractivity contribution in [2.45, 2.75) is 31.7 Å². The molecule has 0 bridgehead atoms. The van der Waals surface area contributed by atoms with Gasteiger partial charge in [0, 0.05) is 38.1 Å². The average Bonchev–Trinajstić information content (AvgIpc) is 2.67. The Balaban J connectivity index is 1.63. The number of likely N-dealkylation sites (N-methyl/N-ethyl adjacent to an activating group) is 1. The predicted molar refractivity (Wildman–Crippen MR) is 97.1 cm³/mol. The highest BCUT2D eigenvalue weighted by molar-refractivity contribution is 5.99. The number of hydrogen-bond donors (Lipinski definition) is 0. The van der Waals surface area contributed by atoms with Gasteiger partial charge in [-0.2, -0.15) is 0 Å². The molecule has 1 aliphatic rings. The molecule has 1 saturated heterocycles. The van der Waals surface area contributed by atoms with Crippen LogP contribution >= 0.6 is 0 Å². The Hall–Kier alpha value is -2.69. The van der Waals surface area contributed by atoms with Crippen LogP contribution < -0.4 is 4.90 Å². The van der Waals surface area contributed by atoms with Crippen molar-refractivity contribution in [2.24, 2.45) is 0 Å². The van der Waals surface area contributed by atoms with Gasteiger partial charge in [0.25, 0.3) is 0 Å². The maximum Gasteiger partial charge on any atom is 0.249 e. The van der Waals surface area contributed by atoms with Crippen LogP contribution in [-0.4, -0.2) is 41.3 Å². The van der Waals surface area contributed by atoms with Crippen molar-refractivity contribution in [1.82, 2.24) is 9.88 Å². The molecule has 0 aliphatic carbocycles. The molecule has 0 saturated carbocycles. The van der Waals surface area contributed by atoms with Crippen molar-refractivity contribution in [3.05, 3.63) is 60.4 Å². The maximum absolute atomic E-state index is 12.9. The molecule has 0 spiro atoms. The number of benzene rings is 1. The number of aromatic nitrogens is 1. The van der Waals surface area contributed by atoms with E-state index < -0.39 is 0 Å². The fourth-order valence-electron chi connectivity index (χ4n) is 3.23. The van der Waals surface area contributed by atoms with Crippen LogP contribution in [0, 0.1) is 0 Å². The quantitative estimate of drug-likeness (QED) is 0.843. The van der Waals surface area contributed by atoms with Crippen molar-refractivity contribution in [2.75, 3.05) is 18.5 Å². The Morgan fingerprint density at radius 2 is 1.92 bits per heavy atom. The lowest BCUT2D eigenvalue weighted by Gasteiger charge is -2.37. The lowest BCUT2D eigenvalue weighted by atomic mass is 10.0. The summed E-state index contributed by atoms with van der Waals surface area (Å²) in [5.41, 5.74) is 1.98. The van der Waals surface area contributed by atoms with Crippen LogP contribution in [0.15, 0.2) is 54.9 Å². The monoisotopic (exact) mass is 337 g/mol. The summed E-state index contributed by atoms with van der Waals surface area (Å²) in [4.78, 5) is 32.8. The fraction of sp³-hybridized carbons (Fsp3) is 0.350. The van der Waals surface area contributed by atoms with Gasteiger partial charge in [0.05, 0.1) is 0 Å². The SMILES string of the molecule is CN(C(=O)CCc1ccncc1)[C@H]1CCCN(c2ccccc2)C1=O. The van der Waals surface area contributed by atoms with Gasteiger partial charge in [0.1, 0.15) is 6.04 Å². The highest BCUT2D eigenvalue weighted by Crippen LogP contribution is 2.23. The second kappa shape index (κ2) is 7.92. The zero-order valence-electron chi connectivity index (χ0n) is 14.5. The number of carbonyl (C=O) groups is 2. The van der Waals surface area contributed by atoms with Crippen LogP contribution in [0.25, 0.3) is 0 Å². The molecule has 5 heteroatoms. The zero-order chi connectivity index (χ0) is 17.6. The highest BCUT2D eigenvalue weighted by atomic mass is 16.2. The Labute approximate surface area is 148 Å². The summed E-state index contributed by atoms with van der Waals surface area (Å²) in [6.07, 6.45) is 6.13. The third-order valence-corrected chi connectivity index (χ3v) is 4.72. The van der Waals surface area contributed by atoms with Gasteiger partial charge in [-0.05, 0) is 49.1 Å². The van der Waals surface area contributed by atoms with Crippen molar-refractivity contribution in [1.29, 1.82) is 0 Å². The van der Waals surface area contributed by atoms with E-state index in [2.05, 4.69) is 4.98 Å². The van der Waals surface area contributed by atoms with Crippen molar-refractivity contribution in [3.8, 4) is 0 Å². The predicted octanol–water partition coefficient (Wildman–Crippen LogP) is 2.67. The van der Waals surface area contributed by atoms with Gasteiger partial charge >= 0.3 is 0 Å². The fourth-order valence-corrected chi connectivity index (χ4v) is 3.23. The molecule has 25 heavy (non-hydrogen) atoms. The van der Waals surface area contributed by atoms with Gasteiger partial charge in [0.15, 0.2) is 0 Å². The molecule has 0 radical (unpaired) electrons. The molecule has 1 atom stereocenters. The molecule has 1 fully saturated rings. The number of hydrogen-bond acceptors (Lipinski definition) is 3. The molecule has 0 unspecified atom stereocenters. The van der Waals surface area contributed by atoms with Gasteiger partial charge in [-0.1, -0.05) is 18.2 Å². The first-order chi connectivity index (χ1) is 12.2. The van der Waals surface area contributed by atoms with Gasteiger partial charge in [-0.15, -0.1) is 0 Å². The van der Waals surface area contributed by atoms with E-state index >= 15 is 0 Å². The lowest BCUT2D eigenvalue weighted by Crippen LogP contribution is -2.53. The van der Waals surface area contributed by atoms with Crippen LogP contribution in [0.2, 0.25) is 0 Å². The van der Waals surface area contributed by atoms with Crippen molar-refractivity contribution >= 4 is 17.5 Å². The second-order valence-corrected chi connectivity index (χ2v) is 6.34. The molecule has 2 heterocycles. The summed E-state index contributed by atoms with van der Waals surface area (Å²) in [6.45, 7) is 0.707. The first-order valence-corrected chi connectivity index (χ1v) is 8.68. The number of piperidine rings is 1. The maximum atomic E-state index is 12.9. The van der Waals surface area contributed by atoms with Gasteiger partial charge in [-0.25, -0.2) is 0 Å². The summed E-state index contributed by atoms with van der Waals surface area (Å²) in [7, 11) is 1.74. The topological polar surface area (TPSA) is 53.5 Å². The van der Waals surface area contributed by atoms with Gasteiger partial charge in [-0.3, -0.25) is 14.6 Å². The number of rotatable bonds is 5. The molecular formula is C20H23N3O2. The molecule has 3 rings (SSSR count). The third kappa shape index (κ3) is 4.05. The largest absolute Gasteiger partial charge is 0.334 e. The molecule has 2 amide bonds. The Bertz CT molecular complexity index is 718. The minimum Gasteiger partial charge on any atom is -0.334 e. The zero-order valence-corrected chi connectivity index (χ0v) is 14.5. The third-order valence-electron chi connectivity index (χ3n) is 4.72. The molecule has 5 nitrogen and oxygen atoms in total. The number of amides is 2. The number of anilines is 1. The van der Waals surface area contributed by atoms with E-state index in [0.29, 0.717) is 19.4 Å². The minimum absolute atomic E-state index is 0.00470. The lowest BCUT2D eigenvalue weighted by molar-refractivity contribution is -0.138. The minimum atomic E-state index is -0.376. The summed E-state index contributed by atoms with van der Waals surface area (Å²) >= 11 is 0. The number of para-hydroxylation sites is 1. The first-order valence-electron chi connectivity index (χ1n) is 8.68. The van der Waals surface area contributed by atoms with Crippen LogP contribution in [0.4, 0.5) is 5.69 Å². The van der Waals surface area contributed by atoms with Gasteiger partial charge < -0.3 is 9.80 Å². The van der Waals surface area contributed by atoms with Crippen LogP contribution in [0.3, 0.4) is 0 Å². The number of aryl methyl sites for hydroxylation is 1. The Morgan fingerprint density at radius 3 is 2.64 bits per heavy atom. The number of pyridine rings is 1. The molecule has 1 aromatic heterocycles. The highest BCUT2D eigenvalue weighted by Gasteiger charge is 2.34. The number of carbonyl (C=O) groups excluding carboxylic acids is 2. The molecule has 130 valence electrons. The molecule has 2 aromatic rings. The summed E-state index contributed by atoms with van der Waals surface area (Å²) in [6, 6.07) is 13.1. The van der Waals surface area contributed by atoms with E-state index in [1.165, 1.54) is 0 Å². The Morgan fingerprint density at radius 1 is 1.20 bits per heavy atom. The number of nitrogens with zero attached hydrogens (tertiary/aromatic N) is 3. The van der Waals surface area contributed by atoms with Crippen molar-refractivity contribution < 1.29 is 9.59 Å². The van der Waals surface area contributed by atoms with Gasteiger partial charge in [0.2, 0.25) is 11.8 Å². The van der Waals surface area contributed by atoms with E-state index in [-0.39, 0.29) is 17.9 Å². The normalized spacial score (nSPS) is 17.4. The van der Waals surface area contributed by atoms with E-state index in [1.807, 2.05) is 42.5 Å². The standard InChI is InChI=1S/C20H23N3O2/c1-22(19(24)10-9-16-11-13-21-14-12-16)18-8-5-15-23(20(18)25)17-6-3-2-4-7-17/h2-4,6-7,11-14,18H,5,8-10,15H2,1H3/t18-/m0/s1. The summed E-state index contributed by atoms with van der Waals surface area (Å²) in [5.74, 6) is 0.0160. The first kappa shape index (κ1) is 17.1.